The Labute approximate surface area is 209 Å². The highest BCUT2D eigenvalue weighted by Crippen LogP contribution is 2.33. The van der Waals surface area contributed by atoms with E-state index in [2.05, 4.69) is 31.6 Å². The topological polar surface area (TPSA) is 76.0 Å². The van der Waals surface area contributed by atoms with Crippen LogP contribution in [0.5, 0.6) is 5.75 Å². The summed E-state index contributed by atoms with van der Waals surface area (Å²) in [6, 6.07) is 15.9. The van der Waals surface area contributed by atoms with Crippen LogP contribution in [0.4, 0.5) is 0 Å². The van der Waals surface area contributed by atoms with Crippen LogP contribution in [-0.2, 0) is 0 Å². The van der Waals surface area contributed by atoms with E-state index >= 15 is 0 Å². The van der Waals surface area contributed by atoms with Gasteiger partial charge in [-0.05, 0) is 70.1 Å². The number of thioether (sulfide) groups is 1. The fourth-order valence-electron chi connectivity index (χ4n) is 4.78. The number of para-hydroxylation sites is 1. The highest BCUT2D eigenvalue weighted by atomic mass is 32.2. The van der Waals surface area contributed by atoms with Gasteiger partial charge in [-0.15, -0.1) is 10.2 Å². The van der Waals surface area contributed by atoms with Gasteiger partial charge in [0.05, 0.1) is 18.4 Å². The number of H-pyrrole nitrogens is 1. The van der Waals surface area contributed by atoms with Crippen LogP contribution >= 0.6 is 11.8 Å². The number of ether oxygens (including phenoxy) is 1. The van der Waals surface area contributed by atoms with Crippen LogP contribution in [-0.4, -0.2) is 55.9 Å². The number of nitrogens with one attached hydrogen (secondary N) is 1. The molecule has 0 bridgehead atoms. The monoisotopic (exact) mass is 489 g/mol. The van der Waals surface area contributed by atoms with Crippen molar-refractivity contribution in [3.63, 3.8) is 0 Å². The van der Waals surface area contributed by atoms with Gasteiger partial charge in [0.1, 0.15) is 5.75 Å². The highest BCUT2D eigenvalue weighted by molar-refractivity contribution is 8.00. The van der Waals surface area contributed by atoms with Gasteiger partial charge in [0.15, 0.2) is 16.8 Å². The molecule has 0 saturated carbocycles. The van der Waals surface area contributed by atoms with Gasteiger partial charge >= 0.3 is 0 Å². The average molecular weight is 490 g/mol. The maximum Gasteiger partial charge on any atom is 0.196 e. The summed E-state index contributed by atoms with van der Waals surface area (Å²) >= 11 is 1.45. The molecule has 1 N–H and O–H groups in total. The Hall–Kier alpha value is -3.10. The SMILES string of the molecule is COc1ccc(-n2c(S[C@H](C)C(=O)c3c[nH]c4ccccc34)nnc2[C@H](C)N2CCCCC2)cc1. The van der Waals surface area contributed by atoms with Gasteiger partial charge in [0, 0.05) is 28.4 Å². The van der Waals surface area contributed by atoms with Crippen molar-refractivity contribution in [2.45, 2.75) is 49.6 Å². The molecular formula is C27H31N5O2S. The van der Waals surface area contributed by atoms with Crippen molar-refractivity contribution < 1.29 is 9.53 Å². The first-order chi connectivity index (χ1) is 17.1. The number of piperidine rings is 1. The number of fused-ring (bicyclic) bond motifs is 1. The second-order valence-corrected chi connectivity index (χ2v) is 10.3. The molecule has 0 aliphatic carbocycles. The van der Waals surface area contributed by atoms with E-state index in [9.17, 15) is 4.79 Å². The van der Waals surface area contributed by atoms with Crippen molar-refractivity contribution in [1.82, 2.24) is 24.6 Å². The number of Topliss-reactive ketones (excluding diaryl/α,β-unsaturated/α-hetero) is 1. The van der Waals surface area contributed by atoms with Gasteiger partial charge in [-0.25, -0.2) is 0 Å². The predicted octanol–water partition coefficient (Wildman–Crippen LogP) is 5.67. The molecule has 182 valence electrons. The molecule has 2 aromatic heterocycles. The van der Waals surface area contributed by atoms with Crippen LogP contribution in [0.1, 0.15) is 55.3 Å². The molecule has 5 rings (SSSR count). The minimum Gasteiger partial charge on any atom is -0.497 e. The number of rotatable bonds is 8. The van der Waals surface area contributed by atoms with E-state index in [0.29, 0.717) is 5.56 Å². The van der Waals surface area contributed by atoms with E-state index in [4.69, 9.17) is 4.74 Å². The highest BCUT2D eigenvalue weighted by Gasteiger charge is 2.28. The van der Waals surface area contributed by atoms with E-state index in [-0.39, 0.29) is 17.1 Å². The summed E-state index contributed by atoms with van der Waals surface area (Å²) in [5, 5.41) is 10.5. The number of likely N-dealkylation sites (tertiary alicyclic amines) is 1. The number of aromatic nitrogens is 4. The molecular weight excluding hydrogens is 458 g/mol. The molecule has 2 aromatic carbocycles. The molecule has 1 aliphatic heterocycles. The number of hydrogen-bond donors (Lipinski definition) is 1. The summed E-state index contributed by atoms with van der Waals surface area (Å²) in [7, 11) is 1.66. The maximum absolute atomic E-state index is 13.4. The number of carbonyl (C=O) groups excluding carboxylic acids is 1. The van der Waals surface area contributed by atoms with Crippen LogP contribution in [0, 0.1) is 0 Å². The van der Waals surface area contributed by atoms with Crippen molar-refractivity contribution in [1.29, 1.82) is 0 Å². The fourth-order valence-corrected chi connectivity index (χ4v) is 5.72. The van der Waals surface area contributed by atoms with Crippen molar-refractivity contribution in [3.8, 4) is 11.4 Å². The van der Waals surface area contributed by atoms with Gasteiger partial charge in [-0.3, -0.25) is 14.3 Å². The molecule has 3 heterocycles. The molecule has 0 unspecified atom stereocenters. The van der Waals surface area contributed by atoms with Crippen molar-refractivity contribution in [2.75, 3.05) is 20.2 Å². The van der Waals surface area contributed by atoms with Crippen molar-refractivity contribution in [2.24, 2.45) is 0 Å². The molecule has 0 radical (unpaired) electrons. The normalized spacial score (nSPS) is 16.3. The van der Waals surface area contributed by atoms with Crippen molar-refractivity contribution >= 4 is 28.4 Å². The number of methoxy groups -OCH3 is 1. The number of aromatic amines is 1. The fraction of sp³-hybridized carbons (Fsp3) is 0.370. The third-order valence-electron chi connectivity index (χ3n) is 6.81. The van der Waals surface area contributed by atoms with Gasteiger partial charge < -0.3 is 9.72 Å². The molecule has 1 aliphatic rings. The standard InChI is InChI=1S/C27H31N5O2S/c1-18(31-15-7-4-8-16-31)26-29-30-27(32(26)20-11-13-21(34-3)14-12-20)35-19(2)25(33)23-17-28-24-10-6-5-9-22(23)24/h5-6,9-14,17-19,28H,4,7-8,15-16H2,1-3H3/t18-,19+/m0/s1. The molecule has 2 atom stereocenters. The molecule has 1 fully saturated rings. The first-order valence-corrected chi connectivity index (χ1v) is 13.1. The summed E-state index contributed by atoms with van der Waals surface area (Å²) in [4.78, 5) is 19.1. The van der Waals surface area contributed by atoms with Crippen LogP contribution in [0.2, 0.25) is 0 Å². The number of carbonyl (C=O) groups is 1. The van der Waals surface area contributed by atoms with E-state index < -0.39 is 0 Å². The molecule has 8 heteroatoms. The Kier molecular flexibility index (Phi) is 6.92. The predicted molar refractivity (Wildman–Crippen MR) is 140 cm³/mol. The Balaban J connectivity index is 1.47. The Bertz CT molecular complexity index is 1310. The zero-order chi connectivity index (χ0) is 24.4. The Morgan fingerprint density at radius 3 is 2.51 bits per heavy atom. The van der Waals surface area contributed by atoms with E-state index in [1.54, 1.807) is 7.11 Å². The zero-order valence-electron chi connectivity index (χ0n) is 20.4. The summed E-state index contributed by atoms with van der Waals surface area (Å²) in [6.45, 7) is 6.27. The number of hydrogen-bond acceptors (Lipinski definition) is 6. The third kappa shape index (κ3) is 4.73. The number of benzene rings is 2. The molecule has 7 nitrogen and oxygen atoms in total. The molecule has 4 aromatic rings. The quantitative estimate of drug-likeness (QED) is 0.254. The van der Waals surface area contributed by atoms with Crippen LogP contribution in [0.25, 0.3) is 16.6 Å². The first-order valence-electron chi connectivity index (χ1n) is 12.2. The van der Waals surface area contributed by atoms with Gasteiger partial charge in [-0.1, -0.05) is 36.4 Å². The first kappa shape index (κ1) is 23.6. The molecule has 35 heavy (non-hydrogen) atoms. The lowest BCUT2D eigenvalue weighted by Crippen LogP contribution is -2.33. The summed E-state index contributed by atoms with van der Waals surface area (Å²) in [6.07, 6.45) is 5.50. The third-order valence-corrected chi connectivity index (χ3v) is 7.85. The Morgan fingerprint density at radius 2 is 1.77 bits per heavy atom. The minimum atomic E-state index is -0.325. The second kappa shape index (κ2) is 10.3. The zero-order valence-corrected chi connectivity index (χ0v) is 21.2. The summed E-state index contributed by atoms with van der Waals surface area (Å²) < 4.78 is 7.46. The molecule has 1 saturated heterocycles. The summed E-state index contributed by atoms with van der Waals surface area (Å²) in [5.41, 5.74) is 2.63. The number of nitrogens with zero attached hydrogens (tertiary/aromatic N) is 4. The summed E-state index contributed by atoms with van der Waals surface area (Å²) in [5.74, 6) is 1.76. The van der Waals surface area contributed by atoms with Gasteiger partial charge in [0.2, 0.25) is 0 Å². The van der Waals surface area contributed by atoms with Crippen LogP contribution in [0.15, 0.2) is 59.9 Å². The Morgan fingerprint density at radius 1 is 1.03 bits per heavy atom. The lowest BCUT2D eigenvalue weighted by Gasteiger charge is -2.32. The van der Waals surface area contributed by atoms with E-state index in [1.165, 1.54) is 31.0 Å². The average Bonchev–Trinajstić information content (AvgIpc) is 3.53. The van der Waals surface area contributed by atoms with E-state index in [1.807, 2.05) is 61.7 Å². The van der Waals surface area contributed by atoms with Crippen LogP contribution in [0.3, 0.4) is 0 Å². The lowest BCUT2D eigenvalue weighted by atomic mass is 10.1. The minimum absolute atomic E-state index is 0.0716. The number of ketones is 1. The smallest absolute Gasteiger partial charge is 0.196 e. The molecule has 0 amide bonds. The molecule has 0 spiro atoms. The van der Waals surface area contributed by atoms with Gasteiger partial charge in [0.25, 0.3) is 0 Å². The van der Waals surface area contributed by atoms with Crippen molar-refractivity contribution in [3.05, 3.63) is 66.1 Å². The second-order valence-electron chi connectivity index (χ2n) is 9.02. The van der Waals surface area contributed by atoms with Crippen LogP contribution < -0.4 is 4.74 Å². The maximum atomic E-state index is 13.4. The van der Waals surface area contributed by atoms with Gasteiger partial charge in [-0.2, -0.15) is 0 Å². The van der Waals surface area contributed by atoms with E-state index in [0.717, 1.165) is 46.4 Å². The largest absolute Gasteiger partial charge is 0.497 e. The lowest BCUT2D eigenvalue weighted by molar-refractivity contribution is 0.0995.